The summed E-state index contributed by atoms with van der Waals surface area (Å²) >= 11 is 6.91. The molecule has 1 aromatic carbocycles. The molecule has 228 valence electrons. The average molecular weight is 588 g/mol. The topological polar surface area (TPSA) is 6.25 Å². The number of allylic oxidation sites excluding steroid dienone is 9. The minimum atomic E-state index is -0.241. The fourth-order valence-corrected chi connectivity index (χ4v) is 6.08. The molecule has 1 heterocycles. The van der Waals surface area contributed by atoms with Crippen LogP contribution in [0.3, 0.4) is 0 Å². The van der Waals surface area contributed by atoms with Crippen molar-refractivity contribution in [2.75, 3.05) is 14.1 Å². The number of para-hydroxylation sites is 1. The summed E-state index contributed by atoms with van der Waals surface area (Å²) in [5.41, 5.74) is 7.95. The van der Waals surface area contributed by atoms with Gasteiger partial charge in [0.15, 0.2) is 0 Å². The lowest BCUT2D eigenvalue weighted by Gasteiger charge is -2.25. The van der Waals surface area contributed by atoms with Gasteiger partial charge in [0.1, 0.15) is 13.8 Å². The van der Waals surface area contributed by atoms with Gasteiger partial charge in [-0.1, -0.05) is 102 Å². The monoisotopic (exact) mass is 587 g/mol. The SMILES string of the molecule is C#CC1=C(C=C)N(C)/C(=C/C=C2\CCCC(/C=C/CCCC(C)(C)c3ccccc3[N+](=C)C)=C2Cl)C1(C)C.CC.CC. The number of rotatable bonds is 9. The zero-order chi connectivity index (χ0) is 32.1. The number of terminal acetylenes is 1. The van der Waals surface area contributed by atoms with E-state index >= 15 is 0 Å². The lowest BCUT2D eigenvalue weighted by molar-refractivity contribution is -0.395. The van der Waals surface area contributed by atoms with Crippen molar-refractivity contribution in [2.24, 2.45) is 5.41 Å². The Morgan fingerprint density at radius 3 is 2.33 bits per heavy atom. The predicted octanol–water partition coefficient (Wildman–Crippen LogP) is 11.2. The summed E-state index contributed by atoms with van der Waals surface area (Å²) in [4.78, 5) is 2.15. The van der Waals surface area contributed by atoms with E-state index in [-0.39, 0.29) is 10.8 Å². The van der Waals surface area contributed by atoms with E-state index in [0.717, 1.165) is 60.5 Å². The van der Waals surface area contributed by atoms with E-state index in [4.69, 9.17) is 18.0 Å². The molecule has 0 amide bonds. The van der Waals surface area contributed by atoms with Gasteiger partial charge >= 0.3 is 0 Å². The second-order valence-electron chi connectivity index (χ2n) is 11.6. The maximum absolute atomic E-state index is 6.91. The second kappa shape index (κ2) is 17.2. The summed E-state index contributed by atoms with van der Waals surface area (Å²) in [6, 6.07) is 8.58. The number of hydrogen-bond donors (Lipinski definition) is 0. The van der Waals surface area contributed by atoms with Crippen LogP contribution in [0.4, 0.5) is 5.69 Å². The van der Waals surface area contributed by atoms with Gasteiger partial charge in [0.05, 0.1) is 5.70 Å². The van der Waals surface area contributed by atoms with Crippen LogP contribution in [0.5, 0.6) is 0 Å². The Bertz CT molecular complexity index is 1290. The minimum absolute atomic E-state index is 0.0856. The molecule has 3 heteroatoms. The Morgan fingerprint density at radius 1 is 1.12 bits per heavy atom. The van der Waals surface area contributed by atoms with Crippen molar-refractivity contribution in [1.29, 1.82) is 0 Å². The van der Waals surface area contributed by atoms with Gasteiger partial charge in [-0.15, -0.1) is 6.42 Å². The number of likely N-dealkylation sites (N-methyl/N-ethyl adjacent to an activating group) is 1. The smallest absolute Gasteiger partial charge is 0.208 e. The Morgan fingerprint density at radius 2 is 1.76 bits per heavy atom. The van der Waals surface area contributed by atoms with Crippen LogP contribution in [0.15, 0.2) is 94.4 Å². The fraction of sp³-hybridized carbons (Fsp3) is 0.462. The first kappa shape index (κ1) is 37.0. The molecule has 0 fully saturated rings. The van der Waals surface area contributed by atoms with Gasteiger partial charge in [-0.25, -0.2) is 4.58 Å². The third-order valence-electron chi connectivity index (χ3n) is 8.02. The average Bonchev–Trinajstić information content (AvgIpc) is 3.17. The normalized spacial score (nSPS) is 18.5. The molecule has 42 heavy (non-hydrogen) atoms. The first-order valence-electron chi connectivity index (χ1n) is 15.6. The van der Waals surface area contributed by atoms with Gasteiger partial charge < -0.3 is 4.90 Å². The molecule has 0 N–H and O–H groups in total. The molecule has 0 radical (unpaired) electrons. The van der Waals surface area contributed by atoms with Gasteiger partial charge in [0, 0.05) is 40.4 Å². The molecular weight excluding hydrogens is 532 g/mol. The molecular formula is C39H56ClN2+. The van der Waals surface area contributed by atoms with Crippen molar-refractivity contribution < 1.29 is 4.58 Å². The van der Waals surface area contributed by atoms with Gasteiger partial charge in [-0.3, -0.25) is 0 Å². The van der Waals surface area contributed by atoms with Crippen molar-refractivity contribution >= 4 is 24.0 Å². The first-order chi connectivity index (χ1) is 20.0. The summed E-state index contributed by atoms with van der Waals surface area (Å²) in [6.45, 7) is 25.1. The minimum Gasteiger partial charge on any atom is -0.347 e. The predicted molar refractivity (Wildman–Crippen MR) is 189 cm³/mol. The van der Waals surface area contributed by atoms with Crippen molar-refractivity contribution in [3.05, 3.63) is 99.9 Å². The van der Waals surface area contributed by atoms with Crippen molar-refractivity contribution in [2.45, 2.75) is 99.3 Å². The molecule has 3 rings (SSSR count). The van der Waals surface area contributed by atoms with Crippen molar-refractivity contribution in [3.63, 3.8) is 0 Å². The van der Waals surface area contributed by atoms with E-state index in [2.05, 4.69) is 107 Å². The molecule has 1 aliphatic heterocycles. The molecule has 0 atom stereocenters. The lowest BCUT2D eigenvalue weighted by atomic mass is 9.79. The van der Waals surface area contributed by atoms with Crippen molar-refractivity contribution in [1.82, 2.24) is 4.90 Å². The number of hydrogen-bond acceptors (Lipinski definition) is 1. The van der Waals surface area contributed by atoms with Crippen molar-refractivity contribution in [3.8, 4) is 12.3 Å². The van der Waals surface area contributed by atoms with E-state index in [1.807, 2.05) is 45.4 Å². The maximum atomic E-state index is 6.91. The van der Waals surface area contributed by atoms with E-state index in [0.29, 0.717) is 0 Å². The highest BCUT2D eigenvalue weighted by Gasteiger charge is 2.38. The molecule has 2 aliphatic rings. The van der Waals surface area contributed by atoms with Crippen LogP contribution < -0.4 is 0 Å². The van der Waals surface area contributed by atoms with Crippen LogP contribution in [0.25, 0.3) is 0 Å². The fourth-order valence-electron chi connectivity index (χ4n) is 5.77. The largest absolute Gasteiger partial charge is 0.347 e. The van der Waals surface area contributed by atoms with E-state index in [1.165, 1.54) is 22.4 Å². The van der Waals surface area contributed by atoms with Gasteiger partial charge in [0.25, 0.3) is 0 Å². The van der Waals surface area contributed by atoms with E-state index in [9.17, 15) is 0 Å². The molecule has 1 aromatic rings. The van der Waals surface area contributed by atoms with Crippen LogP contribution in [-0.2, 0) is 5.41 Å². The highest BCUT2D eigenvalue weighted by Crippen LogP contribution is 2.46. The highest BCUT2D eigenvalue weighted by atomic mass is 35.5. The van der Waals surface area contributed by atoms with E-state index in [1.54, 1.807) is 0 Å². The van der Waals surface area contributed by atoms with Crippen LogP contribution in [0.2, 0.25) is 0 Å². The Hall–Kier alpha value is -3.02. The molecule has 0 unspecified atom stereocenters. The molecule has 0 bridgehead atoms. The molecule has 1 aliphatic carbocycles. The zero-order valence-corrected chi connectivity index (χ0v) is 29.0. The van der Waals surface area contributed by atoms with Gasteiger partial charge in [0.2, 0.25) is 5.69 Å². The van der Waals surface area contributed by atoms with Crippen LogP contribution >= 0.6 is 11.6 Å². The zero-order valence-electron chi connectivity index (χ0n) is 28.2. The highest BCUT2D eigenvalue weighted by molar-refractivity contribution is 6.32. The standard InChI is InChI=1S/C35H44ClN2.2C2H6/c1-10-28-30(11-2)38(9)32(35(28,5)6)24-23-27-20-17-19-26(33(27)36)18-13-12-16-25-34(3,4)29-21-14-15-22-31(29)37(7)8;2*1-2/h1,11,13-15,18,21-24H,2,7,12,16-17,19-20,25H2,3-6,8-9H3;2*1-2H3/q+1;;/b18-13+,27-23+,32-24+;;. The maximum Gasteiger partial charge on any atom is 0.208 e. The van der Waals surface area contributed by atoms with Crippen LogP contribution in [0, 0.1) is 17.8 Å². The molecule has 0 aromatic heterocycles. The molecule has 2 nitrogen and oxygen atoms in total. The summed E-state index contributed by atoms with van der Waals surface area (Å²) < 4.78 is 1.96. The first-order valence-corrected chi connectivity index (χ1v) is 16.0. The third kappa shape index (κ3) is 8.75. The quantitative estimate of drug-likeness (QED) is 0.120. The van der Waals surface area contributed by atoms with Crippen LogP contribution in [-0.4, -0.2) is 30.3 Å². The van der Waals surface area contributed by atoms with E-state index < -0.39 is 0 Å². The second-order valence-corrected chi connectivity index (χ2v) is 12.0. The summed E-state index contributed by atoms with van der Waals surface area (Å²) in [6.07, 6.45) is 23.0. The molecule has 0 saturated heterocycles. The Labute approximate surface area is 264 Å². The van der Waals surface area contributed by atoms with Gasteiger partial charge in [-0.2, -0.15) is 0 Å². The summed E-state index contributed by atoms with van der Waals surface area (Å²) in [7, 11) is 4.06. The van der Waals surface area contributed by atoms with Gasteiger partial charge in [-0.05, 0) is 81.1 Å². The van der Waals surface area contributed by atoms with Crippen LogP contribution in [0.1, 0.15) is 99.5 Å². The molecule has 0 saturated carbocycles. The number of unbranched alkanes of at least 4 members (excludes halogenated alkanes) is 1. The number of benzene rings is 1. The molecule has 0 spiro atoms. The number of nitrogens with zero attached hydrogens (tertiary/aromatic N) is 2. The summed E-state index contributed by atoms with van der Waals surface area (Å²) in [5.74, 6) is 2.88. The third-order valence-corrected chi connectivity index (χ3v) is 8.50. The Balaban J connectivity index is 0.00000211. The lowest BCUT2D eigenvalue weighted by Crippen LogP contribution is -2.19. The number of halogens is 1. The Kier molecular flexibility index (Phi) is 15.1. The summed E-state index contributed by atoms with van der Waals surface area (Å²) in [5, 5.41) is 0.893.